The van der Waals surface area contributed by atoms with Crippen molar-refractivity contribution in [3.8, 4) is 0 Å². The number of piperidine rings is 1. The van der Waals surface area contributed by atoms with Gasteiger partial charge in [-0.05, 0) is 36.5 Å². The largest absolute Gasteiger partial charge is 0.388 e. The maximum Gasteiger partial charge on any atom is 0.245 e. The third kappa shape index (κ3) is 4.62. The van der Waals surface area contributed by atoms with Crippen LogP contribution in [0, 0.1) is 17.3 Å². The highest BCUT2D eigenvalue weighted by molar-refractivity contribution is 6.30. The summed E-state index contributed by atoms with van der Waals surface area (Å²) < 4.78 is 0. The van der Waals surface area contributed by atoms with Gasteiger partial charge in [0.25, 0.3) is 0 Å². The number of amides is 2. The van der Waals surface area contributed by atoms with Gasteiger partial charge in [-0.15, -0.1) is 0 Å². The molecule has 6 nitrogen and oxygen atoms in total. The summed E-state index contributed by atoms with van der Waals surface area (Å²) in [7, 11) is 0. The van der Waals surface area contributed by atoms with E-state index < -0.39 is 23.2 Å². The average Bonchev–Trinajstić information content (AvgIpc) is 3.24. The number of nitrogens with one attached hydrogen (secondary N) is 1. The second-order valence-electron chi connectivity index (χ2n) is 10.1. The molecular weight excluding hydrogens is 416 g/mol. The summed E-state index contributed by atoms with van der Waals surface area (Å²) >= 11 is 5.99. The molecular formula is C24H35ClN2O4. The molecule has 1 saturated heterocycles. The Morgan fingerprint density at radius 3 is 2.26 bits per heavy atom. The molecule has 1 aliphatic heterocycles. The minimum absolute atomic E-state index is 0.0100. The first-order chi connectivity index (χ1) is 14.5. The molecule has 3 N–H and O–H groups in total. The fraction of sp³-hybridized carbons (Fsp3) is 0.667. The van der Waals surface area contributed by atoms with E-state index in [0.29, 0.717) is 10.6 Å². The molecule has 3 atom stereocenters. The van der Waals surface area contributed by atoms with Crippen molar-refractivity contribution in [2.75, 3.05) is 13.1 Å². The molecule has 0 bridgehead atoms. The minimum Gasteiger partial charge on any atom is -0.388 e. The van der Waals surface area contributed by atoms with Crippen LogP contribution < -0.4 is 5.32 Å². The number of hydrogen-bond donors (Lipinski definition) is 3. The molecule has 0 spiro atoms. The quantitative estimate of drug-likeness (QED) is 0.643. The van der Waals surface area contributed by atoms with Crippen LogP contribution in [0.5, 0.6) is 0 Å². The van der Waals surface area contributed by atoms with E-state index in [0.717, 1.165) is 25.7 Å². The monoisotopic (exact) mass is 450 g/mol. The second-order valence-corrected chi connectivity index (χ2v) is 10.5. The zero-order chi connectivity index (χ0) is 23.0. The van der Waals surface area contributed by atoms with E-state index in [1.807, 2.05) is 27.7 Å². The fourth-order valence-electron chi connectivity index (χ4n) is 5.08. The van der Waals surface area contributed by atoms with Gasteiger partial charge in [0.2, 0.25) is 11.8 Å². The average molecular weight is 451 g/mol. The molecule has 2 fully saturated rings. The normalized spacial score (nSPS) is 27.4. The van der Waals surface area contributed by atoms with E-state index in [4.69, 9.17) is 11.6 Å². The van der Waals surface area contributed by atoms with E-state index in [9.17, 15) is 19.8 Å². The summed E-state index contributed by atoms with van der Waals surface area (Å²) in [6.45, 7) is 7.74. The van der Waals surface area contributed by atoms with Gasteiger partial charge in [-0.1, -0.05) is 64.3 Å². The molecule has 2 amide bonds. The van der Waals surface area contributed by atoms with Gasteiger partial charge in [-0.3, -0.25) is 9.59 Å². The van der Waals surface area contributed by atoms with Gasteiger partial charge >= 0.3 is 0 Å². The predicted molar refractivity (Wildman–Crippen MR) is 120 cm³/mol. The van der Waals surface area contributed by atoms with Gasteiger partial charge in [-0.25, -0.2) is 0 Å². The predicted octanol–water partition coefficient (Wildman–Crippen LogP) is 3.09. The Morgan fingerprint density at radius 1 is 1.16 bits per heavy atom. The number of aliphatic hydroxyl groups excluding tert-OH is 1. The molecule has 7 heteroatoms. The van der Waals surface area contributed by atoms with Crippen molar-refractivity contribution in [2.24, 2.45) is 17.3 Å². The van der Waals surface area contributed by atoms with Crippen molar-refractivity contribution in [2.45, 2.75) is 71.1 Å². The summed E-state index contributed by atoms with van der Waals surface area (Å²) in [5.41, 5.74) is -1.80. The van der Waals surface area contributed by atoms with E-state index in [2.05, 4.69) is 5.32 Å². The highest BCUT2D eigenvalue weighted by Crippen LogP contribution is 2.46. The number of carbonyl (C=O) groups excluding carboxylic acids is 2. The Kier molecular flexibility index (Phi) is 7.04. The highest BCUT2D eigenvalue weighted by Gasteiger charge is 2.55. The third-order valence-corrected chi connectivity index (χ3v) is 7.30. The van der Waals surface area contributed by atoms with Gasteiger partial charge < -0.3 is 20.4 Å². The number of β-amino-alcohol motifs (C(OH)–C–C–N with tert-alkyl or cyclic N) is 1. The molecule has 0 radical (unpaired) electrons. The molecule has 0 unspecified atom stereocenters. The topological polar surface area (TPSA) is 89.9 Å². The lowest BCUT2D eigenvalue weighted by Gasteiger charge is -2.53. The Hall–Kier alpha value is -1.63. The third-order valence-electron chi connectivity index (χ3n) is 7.05. The number of hydrogen-bond acceptors (Lipinski definition) is 4. The van der Waals surface area contributed by atoms with Crippen LogP contribution in [-0.4, -0.2) is 52.2 Å². The lowest BCUT2D eigenvalue weighted by molar-refractivity contribution is -0.200. The van der Waals surface area contributed by atoms with Gasteiger partial charge in [-0.2, -0.15) is 0 Å². The van der Waals surface area contributed by atoms with Crippen LogP contribution in [0.1, 0.15) is 58.9 Å². The first-order valence-electron chi connectivity index (χ1n) is 11.2. The lowest BCUT2D eigenvalue weighted by atomic mass is 9.65. The number of halogens is 1. The van der Waals surface area contributed by atoms with Crippen molar-refractivity contribution in [1.82, 2.24) is 10.2 Å². The van der Waals surface area contributed by atoms with Crippen LogP contribution in [0.25, 0.3) is 0 Å². The molecule has 1 heterocycles. The highest BCUT2D eigenvalue weighted by atomic mass is 35.5. The Morgan fingerprint density at radius 2 is 1.74 bits per heavy atom. The molecule has 31 heavy (non-hydrogen) atoms. The summed E-state index contributed by atoms with van der Waals surface area (Å²) in [6, 6.07) is 6.14. The molecule has 1 saturated carbocycles. The molecule has 2 aliphatic rings. The summed E-state index contributed by atoms with van der Waals surface area (Å²) in [6.07, 6.45) is 2.66. The number of likely N-dealkylation sites (tertiary alicyclic amines) is 1. The Labute approximate surface area is 190 Å². The molecule has 1 aromatic carbocycles. The zero-order valence-corrected chi connectivity index (χ0v) is 19.7. The summed E-state index contributed by atoms with van der Waals surface area (Å²) in [4.78, 5) is 27.7. The molecule has 1 aromatic rings. The molecule has 172 valence electrons. The molecule has 1 aliphatic carbocycles. The van der Waals surface area contributed by atoms with Gasteiger partial charge in [0.1, 0.15) is 17.7 Å². The smallest absolute Gasteiger partial charge is 0.245 e. The fourth-order valence-corrected chi connectivity index (χ4v) is 5.20. The van der Waals surface area contributed by atoms with Crippen LogP contribution in [0.15, 0.2) is 24.3 Å². The standard InChI is InChI=1S/C24H35ClN2O4/c1-15(2)20(26-21(29)16-7-5-6-8-16)22(30)27-13-19(28)24(31,23(3,4)14-27)17-9-11-18(25)12-10-17/h9-12,15-16,19-20,28,31H,5-8,13-14H2,1-4H3,(H,26,29)/t19-,20+,24-/m0/s1. The molecule has 3 rings (SSSR count). The van der Waals surface area contributed by atoms with Crippen molar-refractivity contribution in [3.63, 3.8) is 0 Å². The minimum atomic E-state index is -1.53. The van der Waals surface area contributed by atoms with Crippen LogP contribution in [0.4, 0.5) is 0 Å². The van der Waals surface area contributed by atoms with Crippen molar-refractivity contribution >= 4 is 23.4 Å². The van der Waals surface area contributed by atoms with Crippen LogP contribution in [0.3, 0.4) is 0 Å². The van der Waals surface area contributed by atoms with Gasteiger partial charge in [0.15, 0.2) is 0 Å². The van der Waals surface area contributed by atoms with E-state index in [1.54, 1.807) is 29.2 Å². The van der Waals surface area contributed by atoms with Crippen LogP contribution in [0.2, 0.25) is 5.02 Å². The Balaban J connectivity index is 1.79. The number of rotatable bonds is 5. The SMILES string of the molecule is CC(C)[C@@H](NC(=O)C1CCCC1)C(=O)N1C[C@H](O)[C@@](O)(c2ccc(Cl)cc2)C(C)(C)C1. The lowest BCUT2D eigenvalue weighted by Crippen LogP contribution is -2.66. The number of carbonyl (C=O) groups is 2. The van der Waals surface area contributed by atoms with Crippen molar-refractivity contribution in [3.05, 3.63) is 34.9 Å². The van der Waals surface area contributed by atoms with Crippen LogP contribution >= 0.6 is 11.6 Å². The van der Waals surface area contributed by atoms with Crippen LogP contribution in [-0.2, 0) is 15.2 Å². The van der Waals surface area contributed by atoms with E-state index in [1.165, 1.54) is 0 Å². The second kappa shape index (κ2) is 9.08. The first kappa shape index (κ1) is 24.0. The number of aliphatic hydroxyl groups is 2. The van der Waals surface area contributed by atoms with Gasteiger partial charge in [0.05, 0.1) is 0 Å². The number of nitrogens with zero attached hydrogens (tertiary/aromatic N) is 1. The maximum atomic E-state index is 13.4. The summed E-state index contributed by atoms with van der Waals surface area (Å²) in [5.74, 6) is -0.381. The number of benzene rings is 1. The summed E-state index contributed by atoms with van der Waals surface area (Å²) in [5, 5.41) is 26.1. The van der Waals surface area contributed by atoms with Gasteiger partial charge in [0, 0.05) is 29.4 Å². The van der Waals surface area contributed by atoms with E-state index in [-0.39, 0.29) is 36.7 Å². The maximum absolute atomic E-state index is 13.4. The Bertz CT molecular complexity index is 804. The van der Waals surface area contributed by atoms with Crippen molar-refractivity contribution in [1.29, 1.82) is 0 Å². The first-order valence-corrected chi connectivity index (χ1v) is 11.6. The zero-order valence-electron chi connectivity index (χ0n) is 18.9. The van der Waals surface area contributed by atoms with Crippen molar-refractivity contribution < 1.29 is 19.8 Å². The van der Waals surface area contributed by atoms with E-state index >= 15 is 0 Å². The molecule has 0 aromatic heterocycles.